The van der Waals surface area contributed by atoms with Gasteiger partial charge >= 0.3 is 0 Å². The molecule has 1 heterocycles. The molecule has 0 radical (unpaired) electrons. The van der Waals surface area contributed by atoms with Gasteiger partial charge in [0.2, 0.25) is 5.95 Å². The number of nitrogens with one attached hydrogen (secondary N) is 1. The van der Waals surface area contributed by atoms with E-state index in [9.17, 15) is 4.39 Å². The molecule has 0 saturated heterocycles. The molecule has 17 heavy (non-hydrogen) atoms. The fourth-order valence-electron chi connectivity index (χ4n) is 1.55. The van der Waals surface area contributed by atoms with E-state index < -0.39 is 0 Å². The Morgan fingerprint density at radius 2 is 1.82 bits per heavy atom. The predicted molar refractivity (Wildman–Crippen MR) is 69.1 cm³/mol. The van der Waals surface area contributed by atoms with Crippen molar-refractivity contribution in [3.05, 3.63) is 11.5 Å². The number of hydrogen-bond donors (Lipinski definition) is 1. The second-order valence-corrected chi connectivity index (χ2v) is 3.87. The molecule has 4 nitrogen and oxygen atoms in total. The minimum Gasteiger partial charge on any atom is -0.367 e. The third kappa shape index (κ3) is 3.28. The molecule has 0 aliphatic rings. The molecule has 0 aromatic carbocycles. The van der Waals surface area contributed by atoms with Crippen LogP contribution in [0, 0.1) is 12.7 Å². The summed E-state index contributed by atoms with van der Waals surface area (Å²) in [6, 6.07) is 0. The Balaban J connectivity index is 3.04. The Morgan fingerprint density at radius 3 is 2.35 bits per heavy atom. The van der Waals surface area contributed by atoms with Gasteiger partial charge in [0.15, 0.2) is 11.6 Å². The summed E-state index contributed by atoms with van der Waals surface area (Å²) in [5.74, 6) is 0.545. The first-order valence-corrected chi connectivity index (χ1v) is 6.16. The van der Waals surface area contributed by atoms with E-state index in [4.69, 9.17) is 0 Å². The van der Waals surface area contributed by atoms with Gasteiger partial charge in [-0.3, -0.25) is 0 Å². The van der Waals surface area contributed by atoms with Crippen LogP contribution in [0.15, 0.2) is 0 Å². The van der Waals surface area contributed by atoms with E-state index in [1.165, 1.54) is 0 Å². The van der Waals surface area contributed by atoms with Gasteiger partial charge in [-0.25, -0.2) is 9.37 Å². The van der Waals surface area contributed by atoms with Crippen molar-refractivity contribution in [3.8, 4) is 0 Å². The lowest BCUT2D eigenvalue weighted by atomic mass is 10.3. The van der Waals surface area contributed by atoms with Crippen molar-refractivity contribution in [1.29, 1.82) is 0 Å². The maximum absolute atomic E-state index is 13.8. The summed E-state index contributed by atoms with van der Waals surface area (Å²) in [5, 5.41) is 2.99. The van der Waals surface area contributed by atoms with Gasteiger partial charge in [0, 0.05) is 19.6 Å². The van der Waals surface area contributed by atoms with E-state index in [1.54, 1.807) is 6.92 Å². The fraction of sp³-hybridized carbons (Fsp3) is 0.667. The maximum Gasteiger partial charge on any atom is 0.227 e. The highest BCUT2D eigenvalue weighted by atomic mass is 19.1. The minimum atomic E-state index is -0.352. The highest BCUT2D eigenvalue weighted by Gasteiger charge is 2.13. The molecule has 0 unspecified atom stereocenters. The molecule has 0 aliphatic carbocycles. The Bertz CT molecular complexity index is 364. The van der Waals surface area contributed by atoms with Crippen LogP contribution in [-0.2, 0) is 0 Å². The average molecular weight is 240 g/mol. The highest BCUT2D eigenvalue weighted by molar-refractivity contribution is 5.45. The lowest BCUT2D eigenvalue weighted by Gasteiger charge is -2.20. The van der Waals surface area contributed by atoms with Gasteiger partial charge in [-0.15, -0.1) is 0 Å². The first-order chi connectivity index (χ1) is 8.13. The standard InChI is InChI=1S/C12H21FN4/c1-5-8-14-11-10(13)9(4)15-12(16-11)17(6-2)7-3/h5-8H2,1-4H3,(H,14,15,16). The normalized spacial score (nSPS) is 10.4. The van der Waals surface area contributed by atoms with Crippen LogP contribution in [0.5, 0.6) is 0 Å². The molecule has 1 aromatic rings. The van der Waals surface area contributed by atoms with E-state index in [1.807, 2.05) is 25.7 Å². The molecular formula is C12H21FN4. The summed E-state index contributed by atoms with van der Waals surface area (Å²) in [5.41, 5.74) is 0.389. The number of aromatic nitrogens is 2. The van der Waals surface area contributed by atoms with Crippen molar-refractivity contribution in [3.63, 3.8) is 0 Å². The van der Waals surface area contributed by atoms with E-state index in [0.29, 0.717) is 24.0 Å². The Kier molecular flexibility index (Phi) is 5.12. The third-order valence-electron chi connectivity index (χ3n) is 2.59. The zero-order valence-corrected chi connectivity index (χ0v) is 11.0. The van der Waals surface area contributed by atoms with Crippen LogP contribution in [0.3, 0.4) is 0 Å². The summed E-state index contributed by atoms with van der Waals surface area (Å²) >= 11 is 0. The third-order valence-corrected chi connectivity index (χ3v) is 2.59. The van der Waals surface area contributed by atoms with Gasteiger partial charge < -0.3 is 10.2 Å². The molecule has 0 fully saturated rings. The second-order valence-electron chi connectivity index (χ2n) is 3.87. The molecule has 5 heteroatoms. The predicted octanol–water partition coefficient (Wildman–Crippen LogP) is 2.59. The number of rotatable bonds is 6. The molecule has 1 rings (SSSR count). The van der Waals surface area contributed by atoms with Gasteiger partial charge in [0.1, 0.15) is 0 Å². The first-order valence-electron chi connectivity index (χ1n) is 6.16. The summed E-state index contributed by atoms with van der Waals surface area (Å²) in [6.07, 6.45) is 0.934. The fourth-order valence-corrected chi connectivity index (χ4v) is 1.55. The highest BCUT2D eigenvalue weighted by Crippen LogP contribution is 2.18. The molecule has 0 aliphatic heterocycles. The van der Waals surface area contributed by atoms with Crippen molar-refractivity contribution in [2.24, 2.45) is 0 Å². The summed E-state index contributed by atoms with van der Waals surface area (Å²) in [6.45, 7) is 10.1. The van der Waals surface area contributed by atoms with Crippen molar-refractivity contribution in [2.45, 2.75) is 34.1 Å². The minimum absolute atomic E-state index is 0.307. The molecule has 0 atom stereocenters. The Morgan fingerprint density at radius 1 is 1.18 bits per heavy atom. The van der Waals surface area contributed by atoms with Crippen LogP contribution in [0.2, 0.25) is 0 Å². The Labute approximate surface area is 102 Å². The largest absolute Gasteiger partial charge is 0.367 e. The maximum atomic E-state index is 13.8. The molecule has 1 aromatic heterocycles. The molecule has 96 valence electrons. The lowest BCUT2D eigenvalue weighted by molar-refractivity contribution is 0.602. The molecule has 0 saturated carbocycles. The van der Waals surface area contributed by atoms with Crippen LogP contribution in [-0.4, -0.2) is 29.6 Å². The number of aryl methyl sites for hydroxylation is 1. The van der Waals surface area contributed by atoms with Gasteiger partial charge in [-0.2, -0.15) is 4.98 Å². The van der Waals surface area contributed by atoms with Gasteiger partial charge in [0.05, 0.1) is 5.69 Å². The van der Waals surface area contributed by atoms with Crippen LogP contribution in [0.25, 0.3) is 0 Å². The SMILES string of the molecule is CCCNc1nc(N(CC)CC)nc(C)c1F. The van der Waals surface area contributed by atoms with Crippen LogP contribution < -0.4 is 10.2 Å². The van der Waals surface area contributed by atoms with Crippen LogP contribution >= 0.6 is 0 Å². The number of halogens is 1. The summed E-state index contributed by atoms with van der Waals surface area (Å²) < 4.78 is 13.8. The smallest absolute Gasteiger partial charge is 0.227 e. The average Bonchev–Trinajstić information content (AvgIpc) is 2.33. The molecule has 1 N–H and O–H groups in total. The van der Waals surface area contributed by atoms with Crippen LogP contribution in [0.1, 0.15) is 32.9 Å². The monoisotopic (exact) mass is 240 g/mol. The van der Waals surface area contributed by atoms with Crippen LogP contribution in [0.4, 0.5) is 16.2 Å². The molecule has 0 spiro atoms. The number of hydrogen-bond acceptors (Lipinski definition) is 4. The van der Waals surface area contributed by atoms with Gasteiger partial charge in [0.25, 0.3) is 0 Å². The lowest BCUT2D eigenvalue weighted by Crippen LogP contribution is -2.25. The summed E-state index contributed by atoms with van der Waals surface area (Å²) in [4.78, 5) is 10.4. The first kappa shape index (κ1) is 13.7. The van der Waals surface area contributed by atoms with E-state index in [-0.39, 0.29) is 5.82 Å². The number of anilines is 2. The summed E-state index contributed by atoms with van der Waals surface area (Å²) in [7, 11) is 0. The number of nitrogens with zero attached hydrogens (tertiary/aromatic N) is 3. The van der Waals surface area contributed by atoms with E-state index in [0.717, 1.165) is 19.5 Å². The van der Waals surface area contributed by atoms with Crippen molar-refractivity contribution in [1.82, 2.24) is 9.97 Å². The van der Waals surface area contributed by atoms with E-state index >= 15 is 0 Å². The zero-order chi connectivity index (χ0) is 12.8. The van der Waals surface area contributed by atoms with Crippen molar-refractivity contribution < 1.29 is 4.39 Å². The Hall–Kier alpha value is -1.39. The molecule has 0 amide bonds. The van der Waals surface area contributed by atoms with Crippen molar-refractivity contribution in [2.75, 3.05) is 29.9 Å². The quantitative estimate of drug-likeness (QED) is 0.829. The zero-order valence-electron chi connectivity index (χ0n) is 11.0. The molecule has 0 bridgehead atoms. The topological polar surface area (TPSA) is 41.1 Å². The van der Waals surface area contributed by atoms with Crippen molar-refractivity contribution >= 4 is 11.8 Å². The van der Waals surface area contributed by atoms with E-state index in [2.05, 4.69) is 15.3 Å². The van der Waals surface area contributed by atoms with Gasteiger partial charge in [-0.1, -0.05) is 6.92 Å². The molecular weight excluding hydrogens is 219 g/mol. The van der Waals surface area contributed by atoms with Gasteiger partial charge in [-0.05, 0) is 27.2 Å². The second kappa shape index (κ2) is 6.37.